The van der Waals surface area contributed by atoms with Crippen molar-refractivity contribution in [2.24, 2.45) is 13.0 Å². The van der Waals surface area contributed by atoms with Crippen LogP contribution < -0.4 is 10.3 Å². The molecule has 1 fully saturated rings. The van der Waals surface area contributed by atoms with Gasteiger partial charge < -0.3 is 14.0 Å². The molecule has 124 valence electrons. The summed E-state index contributed by atoms with van der Waals surface area (Å²) in [5, 5.41) is 0.998. The molecule has 4 atom stereocenters. The Hall–Kier alpha value is -2.07. The number of epoxide rings is 1. The Bertz CT molecular complexity index is 971. The van der Waals surface area contributed by atoms with Gasteiger partial charge in [0.2, 0.25) is 0 Å². The van der Waals surface area contributed by atoms with Gasteiger partial charge in [-0.2, -0.15) is 0 Å². The van der Waals surface area contributed by atoms with Gasteiger partial charge in [0.05, 0.1) is 17.2 Å². The van der Waals surface area contributed by atoms with E-state index in [2.05, 4.69) is 32.9 Å². The van der Waals surface area contributed by atoms with E-state index in [1.54, 1.807) is 4.57 Å². The van der Waals surface area contributed by atoms with Crippen molar-refractivity contribution in [3.63, 3.8) is 0 Å². The molecule has 5 rings (SSSR count). The summed E-state index contributed by atoms with van der Waals surface area (Å²) < 4.78 is 14.2. The molecule has 1 saturated heterocycles. The van der Waals surface area contributed by atoms with E-state index in [9.17, 15) is 4.79 Å². The van der Waals surface area contributed by atoms with Crippen LogP contribution in [-0.2, 0) is 11.8 Å². The second-order valence-electron chi connectivity index (χ2n) is 7.96. The molecule has 0 spiro atoms. The SMILES string of the molecule is Cn1c(=O)c2c(c3ccccc31)OC(C)(C)[C@H]1C=C[C@@]3(C)O[C@H]3[C@H]21. The Morgan fingerprint density at radius 1 is 1.17 bits per heavy atom. The van der Waals surface area contributed by atoms with Crippen molar-refractivity contribution >= 4 is 10.9 Å². The van der Waals surface area contributed by atoms with Gasteiger partial charge in [0.15, 0.2) is 0 Å². The number of pyridine rings is 1. The summed E-state index contributed by atoms with van der Waals surface area (Å²) in [6.45, 7) is 6.31. The van der Waals surface area contributed by atoms with Crippen LogP contribution in [-0.4, -0.2) is 21.9 Å². The van der Waals surface area contributed by atoms with E-state index in [1.807, 2.05) is 31.3 Å². The average Bonchev–Trinajstić information content (AvgIpc) is 3.24. The summed E-state index contributed by atoms with van der Waals surface area (Å²) in [5.74, 6) is 0.926. The van der Waals surface area contributed by atoms with E-state index in [-0.39, 0.29) is 34.7 Å². The summed E-state index contributed by atoms with van der Waals surface area (Å²) in [5.41, 5.74) is 1.10. The Morgan fingerprint density at radius 2 is 1.92 bits per heavy atom. The minimum Gasteiger partial charge on any atom is -0.486 e. The molecule has 24 heavy (non-hydrogen) atoms. The molecule has 1 aromatic carbocycles. The molecule has 3 aliphatic rings. The number of ether oxygens (including phenoxy) is 2. The predicted octanol–water partition coefficient (Wildman–Crippen LogP) is 3.14. The van der Waals surface area contributed by atoms with Crippen molar-refractivity contribution in [2.75, 3.05) is 0 Å². The fourth-order valence-corrected chi connectivity index (χ4v) is 4.63. The zero-order valence-corrected chi connectivity index (χ0v) is 14.4. The summed E-state index contributed by atoms with van der Waals surface area (Å²) in [7, 11) is 1.84. The lowest BCUT2D eigenvalue weighted by atomic mass is 9.67. The molecular formula is C20H21NO3. The van der Waals surface area contributed by atoms with Gasteiger partial charge in [0.25, 0.3) is 5.56 Å². The number of nitrogens with zero attached hydrogens (tertiary/aromatic N) is 1. The highest BCUT2D eigenvalue weighted by molar-refractivity contribution is 5.87. The van der Waals surface area contributed by atoms with E-state index in [0.29, 0.717) is 0 Å². The summed E-state index contributed by atoms with van der Waals surface area (Å²) in [4.78, 5) is 13.2. The van der Waals surface area contributed by atoms with Crippen LogP contribution in [0.2, 0.25) is 0 Å². The maximum absolute atomic E-state index is 13.2. The monoisotopic (exact) mass is 323 g/mol. The number of aryl methyl sites for hydroxylation is 1. The average molecular weight is 323 g/mol. The maximum Gasteiger partial charge on any atom is 0.258 e. The topological polar surface area (TPSA) is 43.8 Å². The molecular weight excluding hydrogens is 302 g/mol. The van der Waals surface area contributed by atoms with E-state index in [0.717, 1.165) is 22.2 Å². The van der Waals surface area contributed by atoms with Gasteiger partial charge in [-0.25, -0.2) is 0 Å². The number of benzene rings is 1. The van der Waals surface area contributed by atoms with Crippen LogP contribution >= 0.6 is 0 Å². The second-order valence-corrected chi connectivity index (χ2v) is 7.96. The number of aromatic nitrogens is 1. The van der Waals surface area contributed by atoms with Gasteiger partial charge in [-0.05, 0) is 32.9 Å². The van der Waals surface area contributed by atoms with Gasteiger partial charge in [0.1, 0.15) is 17.0 Å². The largest absolute Gasteiger partial charge is 0.486 e. The van der Waals surface area contributed by atoms with Crippen molar-refractivity contribution in [1.82, 2.24) is 4.57 Å². The highest BCUT2D eigenvalue weighted by Gasteiger charge is 2.63. The number of para-hydroxylation sites is 1. The summed E-state index contributed by atoms with van der Waals surface area (Å²) in [6, 6.07) is 7.96. The Morgan fingerprint density at radius 3 is 2.71 bits per heavy atom. The lowest BCUT2D eigenvalue weighted by Gasteiger charge is -2.45. The van der Waals surface area contributed by atoms with Crippen LogP contribution in [0.5, 0.6) is 5.75 Å². The van der Waals surface area contributed by atoms with Crippen molar-refractivity contribution in [3.05, 3.63) is 52.3 Å². The fourth-order valence-electron chi connectivity index (χ4n) is 4.63. The summed E-state index contributed by atoms with van der Waals surface area (Å²) in [6.07, 6.45) is 4.38. The third kappa shape index (κ3) is 1.59. The van der Waals surface area contributed by atoms with Crippen LogP contribution in [0.3, 0.4) is 0 Å². The molecule has 4 nitrogen and oxygen atoms in total. The molecule has 3 heterocycles. The molecule has 2 aromatic rings. The first kappa shape index (κ1) is 14.3. The van der Waals surface area contributed by atoms with Gasteiger partial charge in [-0.1, -0.05) is 24.3 Å². The molecule has 0 unspecified atom stereocenters. The lowest BCUT2D eigenvalue weighted by molar-refractivity contribution is 0.0271. The van der Waals surface area contributed by atoms with E-state index in [4.69, 9.17) is 9.47 Å². The van der Waals surface area contributed by atoms with Gasteiger partial charge >= 0.3 is 0 Å². The van der Waals surface area contributed by atoms with Crippen LogP contribution in [0.15, 0.2) is 41.2 Å². The Kier molecular flexibility index (Phi) is 2.45. The van der Waals surface area contributed by atoms with Crippen molar-refractivity contribution in [2.45, 2.75) is 44.0 Å². The highest BCUT2D eigenvalue weighted by Crippen LogP contribution is 2.59. The van der Waals surface area contributed by atoms with E-state index in [1.165, 1.54) is 0 Å². The first-order valence-corrected chi connectivity index (χ1v) is 8.51. The van der Waals surface area contributed by atoms with Gasteiger partial charge in [0, 0.05) is 24.3 Å². The normalized spacial score (nSPS) is 34.9. The fraction of sp³-hybridized carbons (Fsp3) is 0.450. The number of hydrogen-bond donors (Lipinski definition) is 0. The van der Waals surface area contributed by atoms with Crippen LogP contribution in [0.1, 0.15) is 32.3 Å². The molecule has 0 radical (unpaired) electrons. The van der Waals surface area contributed by atoms with E-state index < -0.39 is 0 Å². The molecule has 1 aliphatic carbocycles. The predicted molar refractivity (Wildman–Crippen MR) is 92.5 cm³/mol. The number of hydrogen-bond acceptors (Lipinski definition) is 3. The third-order valence-electron chi connectivity index (χ3n) is 6.03. The minimum atomic E-state index is -0.378. The lowest BCUT2D eigenvalue weighted by Crippen LogP contribution is -2.49. The maximum atomic E-state index is 13.2. The Balaban J connectivity index is 1.88. The smallest absolute Gasteiger partial charge is 0.258 e. The van der Waals surface area contributed by atoms with Crippen LogP contribution in [0, 0.1) is 5.92 Å². The summed E-state index contributed by atoms with van der Waals surface area (Å²) >= 11 is 0. The highest BCUT2D eigenvalue weighted by atomic mass is 16.6. The van der Waals surface area contributed by atoms with E-state index >= 15 is 0 Å². The zero-order chi connectivity index (χ0) is 16.9. The van der Waals surface area contributed by atoms with Gasteiger partial charge in [-0.15, -0.1) is 0 Å². The molecule has 4 heteroatoms. The molecule has 0 N–H and O–H groups in total. The molecule has 0 amide bonds. The van der Waals surface area contributed by atoms with Crippen molar-refractivity contribution in [3.8, 4) is 5.75 Å². The molecule has 0 saturated carbocycles. The van der Waals surface area contributed by atoms with Crippen LogP contribution in [0.25, 0.3) is 10.9 Å². The minimum absolute atomic E-state index is 0.0300. The van der Waals surface area contributed by atoms with Crippen LogP contribution in [0.4, 0.5) is 0 Å². The Labute approximate surface area is 140 Å². The molecule has 0 bridgehead atoms. The second kappa shape index (κ2) is 4.12. The standard InChI is InChI=1S/C20H21NO3/c1-19(2)12-9-10-20(3)17(24-20)14(12)15-16(23-19)11-7-5-6-8-13(11)21(4)18(15)22/h5-10,12,14,17H,1-4H3/t12-,14-,17-,20+/m0/s1. The first-order chi connectivity index (χ1) is 11.3. The number of fused-ring (bicyclic) bond motifs is 7. The quantitative estimate of drug-likeness (QED) is 0.553. The first-order valence-electron chi connectivity index (χ1n) is 8.51. The van der Waals surface area contributed by atoms with Crippen molar-refractivity contribution in [1.29, 1.82) is 0 Å². The zero-order valence-electron chi connectivity index (χ0n) is 14.4. The molecule has 2 aliphatic heterocycles. The van der Waals surface area contributed by atoms with Gasteiger partial charge in [-0.3, -0.25) is 4.79 Å². The van der Waals surface area contributed by atoms with Crippen molar-refractivity contribution < 1.29 is 9.47 Å². The third-order valence-corrected chi connectivity index (χ3v) is 6.03. The molecule has 1 aromatic heterocycles. The number of rotatable bonds is 0.